The second-order valence-corrected chi connectivity index (χ2v) is 7.68. The fraction of sp³-hybridized carbons (Fsp3) is 0.278. The lowest BCUT2D eigenvalue weighted by atomic mass is 9.95. The molecule has 0 bridgehead atoms. The molecular formula is C18H20FNO4S. The molecule has 0 radical (unpaired) electrons. The number of hydrogen-bond donors (Lipinski definition) is 2. The van der Waals surface area contributed by atoms with E-state index < -0.39 is 27.5 Å². The summed E-state index contributed by atoms with van der Waals surface area (Å²) >= 11 is 0. The first-order valence-electron chi connectivity index (χ1n) is 7.60. The molecule has 0 aliphatic rings. The molecule has 0 amide bonds. The van der Waals surface area contributed by atoms with Crippen molar-refractivity contribution in [2.75, 3.05) is 4.72 Å². The third-order valence-corrected chi connectivity index (χ3v) is 6.30. The van der Waals surface area contributed by atoms with Crippen LogP contribution in [-0.4, -0.2) is 19.5 Å². The van der Waals surface area contributed by atoms with Gasteiger partial charge in [0.05, 0.1) is 16.1 Å². The number of hydrogen-bond acceptors (Lipinski definition) is 3. The van der Waals surface area contributed by atoms with Gasteiger partial charge in [-0.25, -0.2) is 17.6 Å². The summed E-state index contributed by atoms with van der Waals surface area (Å²) in [4.78, 5) is 11.1. The number of carbonyl (C=O) groups is 1. The molecule has 0 spiro atoms. The number of rotatable bonds is 4. The molecule has 2 rings (SSSR count). The van der Waals surface area contributed by atoms with E-state index in [2.05, 4.69) is 4.72 Å². The van der Waals surface area contributed by atoms with Crippen molar-refractivity contribution in [3.63, 3.8) is 0 Å². The van der Waals surface area contributed by atoms with E-state index in [-0.39, 0.29) is 10.5 Å². The molecule has 0 saturated carbocycles. The molecular weight excluding hydrogens is 345 g/mol. The van der Waals surface area contributed by atoms with E-state index in [0.29, 0.717) is 11.1 Å². The Hall–Kier alpha value is -2.41. The van der Waals surface area contributed by atoms with E-state index in [1.165, 1.54) is 0 Å². The first-order valence-corrected chi connectivity index (χ1v) is 9.08. The molecule has 0 aliphatic carbocycles. The Morgan fingerprint density at radius 2 is 1.44 bits per heavy atom. The topological polar surface area (TPSA) is 83.5 Å². The van der Waals surface area contributed by atoms with Crippen LogP contribution in [0.15, 0.2) is 23.1 Å². The Labute approximate surface area is 146 Å². The number of benzene rings is 2. The molecule has 5 nitrogen and oxygen atoms in total. The van der Waals surface area contributed by atoms with E-state index in [0.717, 1.165) is 34.9 Å². The lowest BCUT2D eigenvalue weighted by Crippen LogP contribution is -2.18. The van der Waals surface area contributed by atoms with E-state index >= 15 is 0 Å². The van der Waals surface area contributed by atoms with E-state index in [4.69, 9.17) is 5.11 Å². The van der Waals surface area contributed by atoms with Crippen molar-refractivity contribution in [3.8, 4) is 0 Å². The highest BCUT2D eigenvalue weighted by Crippen LogP contribution is 2.31. The molecule has 0 atom stereocenters. The summed E-state index contributed by atoms with van der Waals surface area (Å²) in [7, 11) is -4.08. The number of sulfonamides is 1. The highest BCUT2D eigenvalue weighted by Gasteiger charge is 2.25. The summed E-state index contributed by atoms with van der Waals surface area (Å²) in [6.45, 7) is 8.99. The average Bonchev–Trinajstić information content (AvgIpc) is 2.52. The number of halogens is 1. The van der Waals surface area contributed by atoms with Crippen LogP contribution < -0.4 is 4.72 Å². The fourth-order valence-electron chi connectivity index (χ4n) is 2.80. The molecule has 0 saturated heterocycles. The lowest BCUT2D eigenvalue weighted by molar-refractivity contribution is 0.0697. The Balaban J connectivity index is 2.63. The van der Waals surface area contributed by atoms with Gasteiger partial charge in [0.15, 0.2) is 0 Å². The van der Waals surface area contributed by atoms with Crippen LogP contribution in [0.3, 0.4) is 0 Å². The molecule has 2 aromatic rings. The minimum atomic E-state index is -4.08. The second kappa shape index (κ2) is 6.48. The van der Waals surface area contributed by atoms with Crippen molar-refractivity contribution < 1.29 is 22.7 Å². The Morgan fingerprint density at radius 1 is 0.960 bits per heavy atom. The van der Waals surface area contributed by atoms with Gasteiger partial charge in [0.25, 0.3) is 10.0 Å². The number of nitrogens with one attached hydrogen (secondary N) is 1. The summed E-state index contributed by atoms with van der Waals surface area (Å²) < 4.78 is 41.9. The third kappa shape index (κ3) is 3.37. The van der Waals surface area contributed by atoms with Gasteiger partial charge >= 0.3 is 5.97 Å². The second-order valence-electron chi connectivity index (χ2n) is 6.06. The SMILES string of the molecule is Cc1c(C)c(C)c(S(=O)(=O)Nc2cc(C(=O)O)ccc2F)c(C)c1C. The molecule has 0 unspecified atom stereocenters. The van der Waals surface area contributed by atoms with Crippen molar-refractivity contribution in [2.45, 2.75) is 39.5 Å². The smallest absolute Gasteiger partial charge is 0.335 e. The summed E-state index contributed by atoms with van der Waals surface area (Å²) in [6.07, 6.45) is 0. The van der Waals surface area contributed by atoms with Gasteiger partial charge in [-0.15, -0.1) is 0 Å². The zero-order chi connectivity index (χ0) is 19.1. The van der Waals surface area contributed by atoms with Crippen LogP contribution in [0, 0.1) is 40.4 Å². The van der Waals surface area contributed by atoms with Crippen LogP contribution in [-0.2, 0) is 10.0 Å². The minimum Gasteiger partial charge on any atom is -0.478 e. The molecule has 134 valence electrons. The van der Waals surface area contributed by atoms with Crippen LogP contribution in [0.2, 0.25) is 0 Å². The summed E-state index contributed by atoms with van der Waals surface area (Å²) in [5.41, 5.74) is 3.28. The molecule has 2 aromatic carbocycles. The van der Waals surface area contributed by atoms with Crippen LogP contribution in [0.4, 0.5) is 10.1 Å². The predicted molar refractivity (Wildman–Crippen MR) is 94.3 cm³/mol. The predicted octanol–water partition coefficient (Wildman–Crippen LogP) is 3.87. The van der Waals surface area contributed by atoms with Gasteiger partial charge in [0.2, 0.25) is 0 Å². The van der Waals surface area contributed by atoms with Gasteiger partial charge in [-0.2, -0.15) is 0 Å². The number of carboxylic acid groups (broad SMARTS) is 1. The van der Waals surface area contributed by atoms with Gasteiger partial charge in [0.1, 0.15) is 5.82 Å². The average molecular weight is 365 g/mol. The van der Waals surface area contributed by atoms with Crippen molar-refractivity contribution in [1.82, 2.24) is 0 Å². The molecule has 0 aromatic heterocycles. The molecule has 2 N–H and O–H groups in total. The normalized spacial score (nSPS) is 11.4. The van der Waals surface area contributed by atoms with Crippen LogP contribution in [0.5, 0.6) is 0 Å². The maximum Gasteiger partial charge on any atom is 0.335 e. The fourth-order valence-corrected chi connectivity index (χ4v) is 4.46. The van der Waals surface area contributed by atoms with Crippen molar-refractivity contribution in [3.05, 3.63) is 57.4 Å². The highest BCUT2D eigenvalue weighted by molar-refractivity contribution is 7.92. The van der Waals surface area contributed by atoms with E-state index in [1.54, 1.807) is 13.8 Å². The Bertz CT molecular complexity index is 952. The molecule has 0 fully saturated rings. The zero-order valence-corrected chi connectivity index (χ0v) is 15.5. The Kier molecular flexibility index (Phi) is 4.90. The first-order chi connectivity index (χ1) is 11.5. The van der Waals surface area contributed by atoms with Crippen LogP contribution in [0.1, 0.15) is 38.2 Å². The standard InChI is InChI=1S/C18H20FNO4S/c1-9-10(2)12(4)17(13(5)11(9)3)25(23,24)20-16-8-14(18(21)22)6-7-15(16)19/h6-8,20H,1-5H3,(H,21,22). The zero-order valence-electron chi connectivity index (χ0n) is 14.7. The largest absolute Gasteiger partial charge is 0.478 e. The summed E-state index contributed by atoms with van der Waals surface area (Å²) in [6, 6.07) is 2.96. The maximum absolute atomic E-state index is 14.0. The number of aromatic carboxylic acids is 1. The lowest BCUT2D eigenvalue weighted by Gasteiger charge is -2.19. The van der Waals surface area contributed by atoms with Gasteiger partial charge in [0, 0.05) is 0 Å². The third-order valence-electron chi connectivity index (χ3n) is 4.66. The highest BCUT2D eigenvalue weighted by atomic mass is 32.2. The van der Waals surface area contributed by atoms with Gasteiger partial charge in [-0.05, 0) is 80.6 Å². The van der Waals surface area contributed by atoms with Crippen molar-refractivity contribution in [2.24, 2.45) is 0 Å². The van der Waals surface area contributed by atoms with Crippen LogP contribution in [0.25, 0.3) is 0 Å². The van der Waals surface area contributed by atoms with Gasteiger partial charge in [-0.1, -0.05) is 0 Å². The Morgan fingerprint density at radius 3 is 1.92 bits per heavy atom. The molecule has 25 heavy (non-hydrogen) atoms. The minimum absolute atomic E-state index is 0.0910. The molecule has 0 heterocycles. The summed E-state index contributed by atoms with van der Waals surface area (Å²) in [5, 5.41) is 9.01. The maximum atomic E-state index is 14.0. The molecule has 0 aliphatic heterocycles. The van der Waals surface area contributed by atoms with Gasteiger partial charge in [-0.3, -0.25) is 4.72 Å². The molecule has 7 heteroatoms. The van der Waals surface area contributed by atoms with Crippen LogP contribution >= 0.6 is 0 Å². The number of carboxylic acids is 1. The van der Waals surface area contributed by atoms with Crippen molar-refractivity contribution in [1.29, 1.82) is 0 Å². The summed E-state index contributed by atoms with van der Waals surface area (Å²) in [5.74, 6) is -2.11. The monoisotopic (exact) mass is 365 g/mol. The first kappa shape index (κ1) is 18.9. The number of anilines is 1. The van der Waals surface area contributed by atoms with Crippen molar-refractivity contribution >= 4 is 21.7 Å². The quantitative estimate of drug-likeness (QED) is 0.862. The van der Waals surface area contributed by atoms with Gasteiger partial charge < -0.3 is 5.11 Å². The van der Waals surface area contributed by atoms with E-state index in [1.807, 2.05) is 20.8 Å². The van der Waals surface area contributed by atoms with E-state index in [9.17, 15) is 17.6 Å².